The summed E-state index contributed by atoms with van der Waals surface area (Å²) in [4.78, 5) is 10.5. The summed E-state index contributed by atoms with van der Waals surface area (Å²) in [6.45, 7) is 6.18. The first-order valence-electron chi connectivity index (χ1n) is 5.77. The zero-order valence-corrected chi connectivity index (χ0v) is 9.69. The number of aromatic nitrogens is 2. The Morgan fingerprint density at radius 1 is 1.35 bits per heavy atom. The Morgan fingerprint density at radius 3 is 2.82 bits per heavy atom. The van der Waals surface area contributed by atoms with Gasteiger partial charge in [0.05, 0.1) is 12.4 Å². The normalized spacial score (nSPS) is 16.4. The smallest absolute Gasteiger partial charge is 0.158 e. The lowest BCUT2D eigenvalue weighted by molar-refractivity contribution is 0.249. The quantitative estimate of drug-likeness (QED) is 0.740. The first kappa shape index (κ1) is 11.8. The van der Waals surface area contributed by atoms with E-state index < -0.39 is 0 Å². The summed E-state index contributed by atoms with van der Waals surface area (Å²) in [7, 11) is 0. The summed E-state index contributed by atoms with van der Waals surface area (Å²) in [5.74, 6) is 0.721. The molecule has 1 fully saturated rings. The van der Waals surface area contributed by atoms with E-state index in [-0.39, 0.29) is 0 Å². The fourth-order valence-corrected chi connectivity index (χ4v) is 1.75. The molecule has 0 aliphatic carbocycles. The standard InChI is InChI=1S/C11H16N6/c12-7-10-8-16-11(9-15-10)14-3-6-17-4-1-13-2-5-17/h8-9,13H,1-6H2,(H,14,16). The Bertz CT molecular complexity index is 376. The van der Waals surface area contributed by atoms with Crippen molar-refractivity contribution in [2.24, 2.45) is 0 Å². The maximum absolute atomic E-state index is 8.59. The molecule has 0 atom stereocenters. The van der Waals surface area contributed by atoms with Gasteiger partial charge in [-0.15, -0.1) is 0 Å². The summed E-state index contributed by atoms with van der Waals surface area (Å²) in [6, 6.07) is 1.95. The molecule has 90 valence electrons. The van der Waals surface area contributed by atoms with E-state index in [1.165, 1.54) is 6.20 Å². The molecule has 6 nitrogen and oxygen atoms in total. The molecule has 2 heterocycles. The van der Waals surface area contributed by atoms with E-state index >= 15 is 0 Å². The lowest BCUT2D eigenvalue weighted by atomic mass is 10.3. The van der Waals surface area contributed by atoms with Gasteiger partial charge in [0, 0.05) is 39.3 Å². The number of hydrogen-bond donors (Lipinski definition) is 2. The molecular formula is C11H16N6. The Morgan fingerprint density at radius 2 is 2.18 bits per heavy atom. The minimum atomic E-state index is 0.345. The van der Waals surface area contributed by atoms with Gasteiger partial charge in [0.2, 0.25) is 0 Å². The predicted molar refractivity (Wildman–Crippen MR) is 64.5 cm³/mol. The van der Waals surface area contributed by atoms with E-state index in [2.05, 4.69) is 25.5 Å². The third-order valence-electron chi connectivity index (χ3n) is 2.71. The third-order valence-corrected chi connectivity index (χ3v) is 2.71. The van der Waals surface area contributed by atoms with Crippen LogP contribution in [-0.2, 0) is 0 Å². The van der Waals surface area contributed by atoms with Crippen LogP contribution in [0.1, 0.15) is 5.69 Å². The van der Waals surface area contributed by atoms with Gasteiger partial charge in [-0.1, -0.05) is 0 Å². The average molecular weight is 232 g/mol. The van der Waals surface area contributed by atoms with E-state index in [4.69, 9.17) is 5.26 Å². The number of rotatable bonds is 4. The van der Waals surface area contributed by atoms with Gasteiger partial charge in [-0.2, -0.15) is 5.26 Å². The molecule has 0 spiro atoms. The van der Waals surface area contributed by atoms with Crippen molar-refractivity contribution in [3.05, 3.63) is 18.1 Å². The molecule has 2 N–H and O–H groups in total. The van der Waals surface area contributed by atoms with Crippen LogP contribution in [0.4, 0.5) is 5.82 Å². The topological polar surface area (TPSA) is 76.9 Å². The molecule has 17 heavy (non-hydrogen) atoms. The van der Waals surface area contributed by atoms with Crippen molar-refractivity contribution in [1.82, 2.24) is 20.2 Å². The summed E-state index contributed by atoms with van der Waals surface area (Å²) >= 11 is 0. The minimum Gasteiger partial charge on any atom is -0.368 e. The van der Waals surface area contributed by atoms with Gasteiger partial charge in [0.25, 0.3) is 0 Å². The van der Waals surface area contributed by atoms with Gasteiger partial charge >= 0.3 is 0 Å². The summed E-state index contributed by atoms with van der Waals surface area (Å²) in [5.41, 5.74) is 0.345. The van der Waals surface area contributed by atoms with Crippen LogP contribution in [0.3, 0.4) is 0 Å². The fourth-order valence-electron chi connectivity index (χ4n) is 1.75. The van der Waals surface area contributed by atoms with Crippen LogP contribution in [0.15, 0.2) is 12.4 Å². The number of piperazine rings is 1. The molecule has 0 bridgehead atoms. The lowest BCUT2D eigenvalue weighted by Gasteiger charge is -2.27. The molecule has 2 rings (SSSR count). The summed E-state index contributed by atoms with van der Waals surface area (Å²) in [5, 5.41) is 15.1. The maximum atomic E-state index is 8.59. The van der Waals surface area contributed by atoms with Crippen LogP contribution in [-0.4, -0.2) is 54.1 Å². The molecule has 0 radical (unpaired) electrons. The van der Waals surface area contributed by atoms with Crippen LogP contribution >= 0.6 is 0 Å². The van der Waals surface area contributed by atoms with Crippen LogP contribution in [0.5, 0.6) is 0 Å². The number of nitrogens with zero attached hydrogens (tertiary/aromatic N) is 4. The van der Waals surface area contributed by atoms with Crippen LogP contribution in [0.25, 0.3) is 0 Å². The zero-order valence-electron chi connectivity index (χ0n) is 9.69. The van der Waals surface area contributed by atoms with Crippen molar-refractivity contribution < 1.29 is 0 Å². The first-order chi connectivity index (χ1) is 8.38. The van der Waals surface area contributed by atoms with Crippen molar-refractivity contribution in [3.63, 3.8) is 0 Å². The summed E-state index contributed by atoms with van der Waals surface area (Å²) in [6.07, 6.45) is 3.07. The molecular weight excluding hydrogens is 216 g/mol. The molecule has 1 aliphatic rings. The Hall–Kier alpha value is -1.71. The minimum absolute atomic E-state index is 0.345. The average Bonchev–Trinajstić information content (AvgIpc) is 2.41. The Balaban J connectivity index is 1.72. The van der Waals surface area contributed by atoms with Crippen molar-refractivity contribution in [3.8, 4) is 6.07 Å². The molecule has 1 saturated heterocycles. The molecule has 1 aromatic rings. The van der Waals surface area contributed by atoms with Gasteiger partial charge in [-0.3, -0.25) is 4.90 Å². The monoisotopic (exact) mass is 232 g/mol. The second kappa shape index (κ2) is 6.13. The van der Waals surface area contributed by atoms with Crippen molar-refractivity contribution >= 4 is 5.82 Å². The Kier molecular flexibility index (Phi) is 4.24. The van der Waals surface area contributed by atoms with Crippen LogP contribution in [0, 0.1) is 11.3 Å². The fraction of sp³-hybridized carbons (Fsp3) is 0.545. The zero-order chi connectivity index (χ0) is 11.9. The number of nitrogens with one attached hydrogen (secondary N) is 2. The second-order valence-electron chi connectivity index (χ2n) is 3.92. The highest BCUT2D eigenvalue weighted by atomic mass is 15.2. The lowest BCUT2D eigenvalue weighted by Crippen LogP contribution is -2.45. The maximum Gasteiger partial charge on any atom is 0.158 e. The Labute approximate surface area is 101 Å². The van der Waals surface area contributed by atoms with Crippen LogP contribution in [0.2, 0.25) is 0 Å². The third kappa shape index (κ3) is 3.66. The van der Waals surface area contributed by atoms with E-state index in [1.54, 1.807) is 6.20 Å². The van der Waals surface area contributed by atoms with Gasteiger partial charge in [0.1, 0.15) is 11.9 Å². The first-order valence-corrected chi connectivity index (χ1v) is 5.77. The highest BCUT2D eigenvalue weighted by Crippen LogP contribution is 2.00. The predicted octanol–water partition coefficient (Wildman–Crippen LogP) is -0.335. The van der Waals surface area contributed by atoms with E-state index in [0.717, 1.165) is 45.1 Å². The van der Waals surface area contributed by atoms with Crippen molar-refractivity contribution in [2.75, 3.05) is 44.6 Å². The number of anilines is 1. The van der Waals surface area contributed by atoms with Gasteiger partial charge in [0.15, 0.2) is 5.69 Å². The SMILES string of the molecule is N#Cc1cnc(NCCN2CCNCC2)cn1. The van der Waals surface area contributed by atoms with E-state index in [9.17, 15) is 0 Å². The summed E-state index contributed by atoms with van der Waals surface area (Å²) < 4.78 is 0. The second-order valence-corrected chi connectivity index (χ2v) is 3.92. The number of nitriles is 1. The highest BCUT2D eigenvalue weighted by Gasteiger charge is 2.08. The molecule has 0 saturated carbocycles. The van der Waals surface area contributed by atoms with Gasteiger partial charge in [-0.25, -0.2) is 9.97 Å². The molecule has 0 amide bonds. The van der Waals surface area contributed by atoms with E-state index in [1.807, 2.05) is 6.07 Å². The largest absolute Gasteiger partial charge is 0.368 e. The van der Waals surface area contributed by atoms with Gasteiger partial charge in [-0.05, 0) is 0 Å². The molecule has 0 unspecified atom stereocenters. The molecule has 0 aromatic carbocycles. The molecule has 1 aromatic heterocycles. The van der Waals surface area contributed by atoms with Gasteiger partial charge < -0.3 is 10.6 Å². The van der Waals surface area contributed by atoms with Crippen LogP contribution < -0.4 is 10.6 Å². The van der Waals surface area contributed by atoms with Crippen molar-refractivity contribution in [1.29, 1.82) is 5.26 Å². The highest BCUT2D eigenvalue weighted by molar-refractivity contribution is 5.32. The molecule has 6 heteroatoms. The van der Waals surface area contributed by atoms with Crippen molar-refractivity contribution in [2.45, 2.75) is 0 Å². The number of hydrogen-bond acceptors (Lipinski definition) is 6. The molecule has 1 aliphatic heterocycles. The van der Waals surface area contributed by atoms with E-state index in [0.29, 0.717) is 5.69 Å².